The van der Waals surface area contributed by atoms with E-state index in [1.165, 1.54) is 18.4 Å². The van der Waals surface area contributed by atoms with Crippen LogP contribution in [0.4, 0.5) is 0 Å². The van der Waals surface area contributed by atoms with E-state index in [-0.39, 0.29) is 0 Å². The van der Waals surface area contributed by atoms with Crippen molar-refractivity contribution in [2.45, 2.75) is 32.0 Å². The summed E-state index contributed by atoms with van der Waals surface area (Å²) in [5.41, 5.74) is 2.10. The Bertz CT molecular complexity index is 799. The van der Waals surface area contributed by atoms with Crippen LogP contribution in [-0.2, 0) is 13.1 Å². The van der Waals surface area contributed by atoms with Gasteiger partial charge in [-0.1, -0.05) is 22.8 Å². The fourth-order valence-corrected chi connectivity index (χ4v) is 2.81. The number of hydrogen-bond donors (Lipinski definition) is 0. The summed E-state index contributed by atoms with van der Waals surface area (Å²) in [7, 11) is 0. The van der Waals surface area contributed by atoms with Gasteiger partial charge in [0.2, 0.25) is 11.7 Å². The molecular formula is C18H17ClN4O. The zero-order valence-corrected chi connectivity index (χ0v) is 13.9. The Morgan fingerprint density at radius 2 is 1.96 bits per heavy atom. The van der Waals surface area contributed by atoms with Crippen molar-refractivity contribution in [2.24, 2.45) is 0 Å². The molecule has 5 nitrogen and oxygen atoms in total. The standard InChI is InChI=1S/C18H17ClN4O/c19-15-5-3-14(4-6-15)18-21-17(24-22-18)12-23(16-7-8-16)11-13-2-1-9-20-10-13/h1-6,9-10,16H,7-8,11-12H2. The molecule has 1 aliphatic rings. The van der Waals surface area contributed by atoms with Gasteiger partial charge in [-0.15, -0.1) is 0 Å². The lowest BCUT2D eigenvalue weighted by Crippen LogP contribution is -2.25. The lowest BCUT2D eigenvalue weighted by Gasteiger charge is -2.19. The number of pyridine rings is 1. The number of rotatable bonds is 6. The summed E-state index contributed by atoms with van der Waals surface area (Å²) in [5.74, 6) is 1.23. The van der Waals surface area contributed by atoms with Gasteiger partial charge in [-0.2, -0.15) is 4.98 Å². The molecule has 6 heteroatoms. The third-order valence-electron chi connectivity index (χ3n) is 4.08. The summed E-state index contributed by atoms with van der Waals surface area (Å²) in [6.45, 7) is 1.50. The summed E-state index contributed by atoms with van der Waals surface area (Å²) in [6, 6.07) is 12.1. The maximum Gasteiger partial charge on any atom is 0.241 e. The van der Waals surface area contributed by atoms with E-state index >= 15 is 0 Å². The van der Waals surface area contributed by atoms with Crippen molar-refractivity contribution in [3.05, 3.63) is 65.3 Å². The van der Waals surface area contributed by atoms with Crippen LogP contribution in [0.25, 0.3) is 11.4 Å². The van der Waals surface area contributed by atoms with Gasteiger partial charge in [0.25, 0.3) is 0 Å². The predicted octanol–water partition coefficient (Wildman–Crippen LogP) is 3.95. The van der Waals surface area contributed by atoms with Gasteiger partial charge in [0.05, 0.1) is 6.54 Å². The molecule has 0 unspecified atom stereocenters. The molecule has 0 amide bonds. The predicted molar refractivity (Wildman–Crippen MR) is 91.3 cm³/mol. The second-order valence-corrected chi connectivity index (χ2v) is 6.45. The minimum absolute atomic E-state index is 0.594. The third-order valence-corrected chi connectivity index (χ3v) is 4.33. The zero-order chi connectivity index (χ0) is 16.4. The van der Waals surface area contributed by atoms with Crippen molar-refractivity contribution < 1.29 is 4.52 Å². The molecule has 1 saturated carbocycles. The van der Waals surface area contributed by atoms with E-state index in [4.69, 9.17) is 16.1 Å². The molecule has 0 saturated heterocycles. The monoisotopic (exact) mass is 340 g/mol. The minimum Gasteiger partial charge on any atom is -0.338 e. The first-order valence-electron chi connectivity index (χ1n) is 7.99. The maximum absolute atomic E-state index is 5.92. The van der Waals surface area contributed by atoms with Gasteiger partial charge in [-0.05, 0) is 48.7 Å². The summed E-state index contributed by atoms with van der Waals surface area (Å²) in [5, 5.41) is 4.78. The van der Waals surface area contributed by atoms with Gasteiger partial charge in [0, 0.05) is 35.6 Å². The Labute approximate surface area is 145 Å². The highest BCUT2D eigenvalue weighted by molar-refractivity contribution is 6.30. The molecule has 0 bridgehead atoms. The van der Waals surface area contributed by atoms with Crippen LogP contribution >= 0.6 is 11.6 Å². The fourth-order valence-electron chi connectivity index (χ4n) is 2.69. The molecule has 3 aromatic rings. The number of halogens is 1. The van der Waals surface area contributed by atoms with Gasteiger partial charge in [-0.3, -0.25) is 9.88 Å². The van der Waals surface area contributed by atoms with Crippen molar-refractivity contribution in [3.63, 3.8) is 0 Å². The van der Waals surface area contributed by atoms with Crippen LogP contribution in [0.5, 0.6) is 0 Å². The van der Waals surface area contributed by atoms with E-state index in [9.17, 15) is 0 Å². The summed E-state index contributed by atoms with van der Waals surface area (Å²) >= 11 is 5.92. The molecule has 4 rings (SSSR count). The highest BCUT2D eigenvalue weighted by Gasteiger charge is 2.30. The van der Waals surface area contributed by atoms with Crippen molar-refractivity contribution in [3.8, 4) is 11.4 Å². The average molecular weight is 341 g/mol. The quantitative estimate of drug-likeness (QED) is 0.680. The van der Waals surface area contributed by atoms with Crippen molar-refractivity contribution >= 4 is 11.6 Å². The van der Waals surface area contributed by atoms with Crippen LogP contribution in [-0.4, -0.2) is 26.1 Å². The normalized spacial score (nSPS) is 14.2. The number of benzene rings is 1. The largest absolute Gasteiger partial charge is 0.338 e. The molecule has 0 spiro atoms. The van der Waals surface area contributed by atoms with E-state index in [0.717, 1.165) is 12.1 Å². The molecule has 1 aromatic carbocycles. The van der Waals surface area contributed by atoms with E-state index in [0.29, 0.717) is 29.3 Å². The highest BCUT2D eigenvalue weighted by Crippen LogP contribution is 2.30. The molecule has 2 heterocycles. The first-order valence-corrected chi connectivity index (χ1v) is 8.37. The third kappa shape index (κ3) is 3.63. The summed E-state index contributed by atoms with van der Waals surface area (Å²) in [6.07, 6.45) is 6.14. The first kappa shape index (κ1) is 15.3. The number of nitrogens with zero attached hydrogens (tertiary/aromatic N) is 4. The molecule has 0 radical (unpaired) electrons. The number of aromatic nitrogens is 3. The molecular weight excluding hydrogens is 324 g/mol. The van der Waals surface area contributed by atoms with Crippen LogP contribution in [0.3, 0.4) is 0 Å². The Morgan fingerprint density at radius 1 is 1.12 bits per heavy atom. The van der Waals surface area contributed by atoms with Crippen LogP contribution in [0.15, 0.2) is 53.3 Å². The summed E-state index contributed by atoms with van der Waals surface area (Å²) in [4.78, 5) is 11.1. The Hall–Kier alpha value is -2.24. The van der Waals surface area contributed by atoms with Gasteiger partial charge >= 0.3 is 0 Å². The molecule has 0 N–H and O–H groups in total. The van der Waals surface area contributed by atoms with Gasteiger partial charge in [0.1, 0.15) is 0 Å². The maximum atomic E-state index is 5.92. The van der Waals surface area contributed by atoms with E-state index < -0.39 is 0 Å². The van der Waals surface area contributed by atoms with Gasteiger partial charge in [0.15, 0.2) is 0 Å². The molecule has 1 fully saturated rings. The van der Waals surface area contributed by atoms with E-state index in [2.05, 4.69) is 26.1 Å². The number of hydrogen-bond acceptors (Lipinski definition) is 5. The second-order valence-electron chi connectivity index (χ2n) is 6.02. The van der Waals surface area contributed by atoms with Crippen molar-refractivity contribution in [1.82, 2.24) is 20.0 Å². The second kappa shape index (κ2) is 6.71. The Kier molecular flexibility index (Phi) is 4.28. The first-order chi connectivity index (χ1) is 11.8. The van der Waals surface area contributed by atoms with Crippen LogP contribution < -0.4 is 0 Å². The van der Waals surface area contributed by atoms with Crippen molar-refractivity contribution in [1.29, 1.82) is 0 Å². The zero-order valence-electron chi connectivity index (χ0n) is 13.1. The lowest BCUT2D eigenvalue weighted by molar-refractivity contribution is 0.209. The van der Waals surface area contributed by atoms with Crippen LogP contribution in [0.1, 0.15) is 24.3 Å². The summed E-state index contributed by atoms with van der Waals surface area (Å²) < 4.78 is 5.44. The molecule has 0 atom stereocenters. The molecule has 24 heavy (non-hydrogen) atoms. The van der Waals surface area contributed by atoms with Gasteiger partial charge < -0.3 is 4.52 Å². The minimum atomic E-state index is 0.594. The Morgan fingerprint density at radius 3 is 2.67 bits per heavy atom. The van der Waals surface area contributed by atoms with Crippen molar-refractivity contribution in [2.75, 3.05) is 0 Å². The van der Waals surface area contributed by atoms with Crippen LogP contribution in [0.2, 0.25) is 5.02 Å². The smallest absolute Gasteiger partial charge is 0.241 e. The average Bonchev–Trinajstić information content (AvgIpc) is 3.36. The van der Waals surface area contributed by atoms with Crippen LogP contribution in [0, 0.1) is 0 Å². The van der Waals surface area contributed by atoms with E-state index in [1.54, 1.807) is 6.20 Å². The molecule has 2 aromatic heterocycles. The SMILES string of the molecule is Clc1ccc(-c2noc(CN(Cc3cccnc3)C3CC3)n2)cc1. The topological polar surface area (TPSA) is 55.1 Å². The lowest BCUT2D eigenvalue weighted by atomic mass is 10.2. The molecule has 1 aliphatic carbocycles. The molecule has 0 aliphatic heterocycles. The van der Waals surface area contributed by atoms with Gasteiger partial charge in [-0.25, -0.2) is 0 Å². The fraction of sp³-hybridized carbons (Fsp3) is 0.278. The molecule has 122 valence electrons. The Balaban J connectivity index is 1.48. The van der Waals surface area contributed by atoms with E-state index in [1.807, 2.05) is 36.5 Å². The highest BCUT2D eigenvalue weighted by atomic mass is 35.5.